The fraction of sp³-hybridized carbons (Fsp3) is 0.200. The predicted molar refractivity (Wildman–Crippen MR) is 157 cm³/mol. The molecule has 0 bridgehead atoms. The van der Waals surface area contributed by atoms with Gasteiger partial charge in [-0.3, -0.25) is 9.36 Å². The van der Waals surface area contributed by atoms with Gasteiger partial charge in [-0.05, 0) is 84.2 Å². The summed E-state index contributed by atoms with van der Waals surface area (Å²) in [5.41, 5.74) is 2.71. The van der Waals surface area contributed by atoms with Gasteiger partial charge in [-0.2, -0.15) is 0 Å². The summed E-state index contributed by atoms with van der Waals surface area (Å²) in [5.74, 6) is -0.0801. The van der Waals surface area contributed by atoms with E-state index in [9.17, 15) is 19.5 Å². The minimum absolute atomic E-state index is 0.148. The quantitative estimate of drug-likeness (QED) is 0.288. The monoisotopic (exact) mass is 636 g/mol. The summed E-state index contributed by atoms with van der Waals surface area (Å²) in [4.78, 5) is 43.4. The van der Waals surface area contributed by atoms with Crippen molar-refractivity contribution in [2.24, 2.45) is 4.99 Å². The first-order valence-electron chi connectivity index (χ1n) is 12.6. The van der Waals surface area contributed by atoms with E-state index in [1.54, 1.807) is 63.4 Å². The molecule has 5 rings (SSSR count). The molecule has 210 valence electrons. The number of aryl methyl sites for hydroxylation is 1. The fourth-order valence-electron chi connectivity index (χ4n) is 4.68. The summed E-state index contributed by atoms with van der Waals surface area (Å²) in [6.45, 7) is 5.48. The average molecular weight is 638 g/mol. The van der Waals surface area contributed by atoms with Crippen LogP contribution >= 0.6 is 27.3 Å². The molecule has 1 N–H and O–H groups in total. The number of allylic oxidation sites excluding steroid dienone is 1. The molecule has 2 aromatic heterocycles. The number of carbonyl (C=O) groups is 2. The van der Waals surface area contributed by atoms with Crippen LogP contribution in [0.5, 0.6) is 5.75 Å². The first-order valence-corrected chi connectivity index (χ1v) is 14.2. The Morgan fingerprint density at radius 2 is 1.95 bits per heavy atom. The molecule has 11 heteroatoms. The van der Waals surface area contributed by atoms with Gasteiger partial charge in [0.1, 0.15) is 17.3 Å². The van der Waals surface area contributed by atoms with Crippen LogP contribution < -0.4 is 19.6 Å². The molecule has 9 nitrogen and oxygen atoms in total. The van der Waals surface area contributed by atoms with Crippen molar-refractivity contribution in [3.63, 3.8) is 0 Å². The third-order valence-corrected chi connectivity index (χ3v) is 8.26. The molecule has 0 aliphatic carbocycles. The summed E-state index contributed by atoms with van der Waals surface area (Å²) in [6, 6.07) is 12.9. The van der Waals surface area contributed by atoms with Crippen molar-refractivity contribution in [3.05, 3.63) is 106 Å². The van der Waals surface area contributed by atoms with Crippen molar-refractivity contribution >= 4 is 45.3 Å². The molecule has 0 unspecified atom stereocenters. The van der Waals surface area contributed by atoms with Crippen LogP contribution in [0.1, 0.15) is 47.1 Å². The standard InChI is InChI=1S/C30H25BrN2O7S/c1-5-39-29(37)25-16(3)32-30-33(26(25)17-8-10-23(38-4)21(31)13-17)27(34)24(41-30)14-19-9-11-22(40-19)20-12-18(28(35)36)7-6-15(20)2/h6-14,26H,5H2,1-4H3,(H,35,36)/b24-14-/t26-/m1/s1. The van der Waals surface area contributed by atoms with Gasteiger partial charge >= 0.3 is 11.9 Å². The minimum Gasteiger partial charge on any atom is -0.496 e. The lowest BCUT2D eigenvalue weighted by Crippen LogP contribution is -2.39. The van der Waals surface area contributed by atoms with Crippen molar-refractivity contribution in [2.75, 3.05) is 13.7 Å². The van der Waals surface area contributed by atoms with Crippen LogP contribution in [-0.2, 0) is 9.53 Å². The van der Waals surface area contributed by atoms with Gasteiger partial charge in [-0.1, -0.05) is 23.5 Å². The maximum Gasteiger partial charge on any atom is 0.338 e. The third-order valence-electron chi connectivity index (χ3n) is 6.66. The highest BCUT2D eigenvalue weighted by Crippen LogP contribution is 2.35. The number of carboxylic acid groups (broad SMARTS) is 1. The number of thiazole rings is 1. The Kier molecular flexibility index (Phi) is 7.83. The van der Waals surface area contributed by atoms with Crippen LogP contribution in [0.3, 0.4) is 0 Å². The zero-order chi connectivity index (χ0) is 29.4. The van der Waals surface area contributed by atoms with Crippen LogP contribution in [-0.4, -0.2) is 35.3 Å². The number of benzene rings is 2. The molecule has 0 radical (unpaired) electrons. The number of rotatable bonds is 7. The van der Waals surface area contributed by atoms with E-state index in [0.717, 1.165) is 5.56 Å². The number of fused-ring (bicyclic) bond motifs is 1. The number of esters is 1. The minimum atomic E-state index is -1.03. The van der Waals surface area contributed by atoms with Crippen molar-refractivity contribution in [2.45, 2.75) is 26.8 Å². The first-order chi connectivity index (χ1) is 19.6. The second-order valence-corrected chi connectivity index (χ2v) is 11.1. The molecule has 0 saturated carbocycles. The number of carbonyl (C=O) groups excluding carboxylic acids is 1. The van der Waals surface area contributed by atoms with Crippen LogP contribution in [0.4, 0.5) is 0 Å². The van der Waals surface area contributed by atoms with E-state index in [1.807, 2.05) is 13.0 Å². The fourth-order valence-corrected chi connectivity index (χ4v) is 6.27. The van der Waals surface area contributed by atoms with Crippen molar-refractivity contribution < 1.29 is 28.6 Å². The van der Waals surface area contributed by atoms with E-state index in [4.69, 9.17) is 13.9 Å². The molecule has 1 aliphatic rings. The number of nitrogens with zero attached hydrogens (tertiary/aromatic N) is 2. The Labute approximate surface area is 246 Å². The molecular weight excluding hydrogens is 612 g/mol. The normalized spacial score (nSPS) is 15.0. The van der Waals surface area contributed by atoms with Crippen molar-refractivity contribution in [3.8, 4) is 17.1 Å². The average Bonchev–Trinajstić information content (AvgIpc) is 3.52. The van der Waals surface area contributed by atoms with Crippen molar-refractivity contribution in [1.82, 2.24) is 4.57 Å². The van der Waals surface area contributed by atoms with E-state index in [1.165, 1.54) is 22.0 Å². The third kappa shape index (κ3) is 5.30. The van der Waals surface area contributed by atoms with E-state index >= 15 is 0 Å². The summed E-state index contributed by atoms with van der Waals surface area (Å²) in [5, 5.41) is 9.38. The first kappa shape index (κ1) is 28.3. The van der Waals surface area contributed by atoms with Gasteiger partial charge in [0.2, 0.25) is 0 Å². The van der Waals surface area contributed by atoms with Gasteiger partial charge < -0.3 is 19.0 Å². The van der Waals surface area contributed by atoms with Crippen LogP contribution in [0.15, 0.2) is 78.5 Å². The van der Waals surface area contributed by atoms with E-state index in [-0.39, 0.29) is 23.3 Å². The number of halogens is 1. The van der Waals surface area contributed by atoms with E-state index in [2.05, 4.69) is 20.9 Å². The second-order valence-electron chi connectivity index (χ2n) is 9.23. The molecule has 41 heavy (non-hydrogen) atoms. The maximum absolute atomic E-state index is 13.9. The zero-order valence-corrected chi connectivity index (χ0v) is 25.0. The Morgan fingerprint density at radius 1 is 1.17 bits per heavy atom. The largest absolute Gasteiger partial charge is 0.496 e. The number of furan rings is 1. The smallest absolute Gasteiger partial charge is 0.338 e. The zero-order valence-electron chi connectivity index (χ0n) is 22.6. The van der Waals surface area contributed by atoms with Gasteiger partial charge in [-0.25, -0.2) is 14.6 Å². The number of hydrogen-bond donors (Lipinski definition) is 1. The SMILES string of the molecule is CCOC(=O)C1=C(C)N=c2s/c(=C\c3ccc(-c4cc(C(=O)O)ccc4C)o3)c(=O)n2[C@@H]1c1ccc(OC)c(Br)c1. The highest BCUT2D eigenvalue weighted by atomic mass is 79.9. The molecule has 1 aliphatic heterocycles. The highest BCUT2D eigenvalue weighted by Gasteiger charge is 2.33. The van der Waals surface area contributed by atoms with Gasteiger partial charge in [0.05, 0.1) is 45.6 Å². The Hall–Kier alpha value is -4.22. The lowest BCUT2D eigenvalue weighted by Gasteiger charge is -2.25. The Balaban J connectivity index is 1.64. The summed E-state index contributed by atoms with van der Waals surface area (Å²) < 4.78 is 19.3. The molecule has 4 aromatic rings. The van der Waals surface area contributed by atoms with Crippen molar-refractivity contribution in [1.29, 1.82) is 0 Å². The lowest BCUT2D eigenvalue weighted by molar-refractivity contribution is -0.139. The number of ether oxygens (including phenoxy) is 2. The van der Waals surface area contributed by atoms with Crippen LogP contribution in [0.2, 0.25) is 0 Å². The number of carboxylic acids is 1. The van der Waals surface area contributed by atoms with Gasteiger partial charge in [0, 0.05) is 11.6 Å². The Morgan fingerprint density at radius 3 is 2.63 bits per heavy atom. The molecule has 3 heterocycles. The lowest BCUT2D eigenvalue weighted by atomic mass is 9.96. The summed E-state index contributed by atoms with van der Waals surface area (Å²) in [6.07, 6.45) is 1.62. The Bertz CT molecular complexity index is 1920. The predicted octanol–water partition coefficient (Wildman–Crippen LogP) is 4.84. The number of hydrogen-bond acceptors (Lipinski definition) is 8. The molecule has 0 amide bonds. The molecule has 0 saturated heterocycles. The van der Waals surface area contributed by atoms with Crippen LogP contribution in [0, 0.1) is 6.92 Å². The highest BCUT2D eigenvalue weighted by molar-refractivity contribution is 9.10. The molecule has 1 atom stereocenters. The molecule has 2 aromatic carbocycles. The number of aromatic nitrogens is 1. The maximum atomic E-state index is 13.9. The summed E-state index contributed by atoms with van der Waals surface area (Å²) >= 11 is 4.69. The van der Waals surface area contributed by atoms with Gasteiger partial charge in [-0.15, -0.1) is 0 Å². The van der Waals surface area contributed by atoms with E-state index < -0.39 is 18.0 Å². The second kappa shape index (κ2) is 11.3. The number of methoxy groups -OCH3 is 1. The number of aromatic carboxylic acids is 1. The summed E-state index contributed by atoms with van der Waals surface area (Å²) in [7, 11) is 1.56. The van der Waals surface area contributed by atoms with E-state index in [0.29, 0.717) is 47.9 Å². The molecule has 0 spiro atoms. The van der Waals surface area contributed by atoms with Crippen LogP contribution in [0.25, 0.3) is 17.4 Å². The van der Waals surface area contributed by atoms with Gasteiger partial charge in [0.25, 0.3) is 5.56 Å². The topological polar surface area (TPSA) is 120 Å². The van der Waals surface area contributed by atoms with Gasteiger partial charge in [0.15, 0.2) is 4.80 Å². The molecular formula is C30H25BrN2O7S. The molecule has 0 fully saturated rings.